The maximum absolute atomic E-state index is 11.6. The Balaban J connectivity index is 1.84. The SMILES string of the molecule is O=C(Cc1ccccc1)N/N=C\c1ccncc1. The van der Waals surface area contributed by atoms with Gasteiger partial charge < -0.3 is 0 Å². The molecule has 0 atom stereocenters. The van der Waals surface area contributed by atoms with Crippen LogP contribution in [0.2, 0.25) is 0 Å². The van der Waals surface area contributed by atoms with Crippen LogP contribution in [0.5, 0.6) is 0 Å². The second-order valence-corrected chi connectivity index (χ2v) is 3.74. The fraction of sp³-hybridized carbons (Fsp3) is 0.0714. The molecule has 0 saturated heterocycles. The van der Waals surface area contributed by atoms with Crippen LogP contribution in [0.25, 0.3) is 0 Å². The molecule has 0 unspecified atom stereocenters. The largest absolute Gasteiger partial charge is 0.273 e. The van der Waals surface area contributed by atoms with Gasteiger partial charge in [-0.25, -0.2) is 5.43 Å². The molecule has 0 fully saturated rings. The topological polar surface area (TPSA) is 54.4 Å². The Kier molecular flexibility index (Phi) is 4.19. The fourth-order valence-corrected chi connectivity index (χ4v) is 1.45. The molecule has 2 aromatic rings. The van der Waals surface area contributed by atoms with Crippen LogP contribution < -0.4 is 5.43 Å². The monoisotopic (exact) mass is 239 g/mol. The lowest BCUT2D eigenvalue weighted by Crippen LogP contribution is -2.19. The number of hydrazone groups is 1. The van der Waals surface area contributed by atoms with E-state index in [1.807, 2.05) is 42.5 Å². The number of rotatable bonds is 4. The molecule has 4 nitrogen and oxygen atoms in total. The van der Waals surface area contributed by atoms with Crippen molar-refractivity contribution >= 4 is 12.1 Å². The van der Waals surface area contributed by atoms with Crippen LogP contribution in [-0.4, -0.2) is 17.1 Å². The maximum atomic E-state index is 11.6. The molecule has 0 spiro atoms. The van der Waals surface area contributed by atoms with Gasteiger partial charge in [-0.2, -0.15) is 5.10 Å². The summed E-state index contributed by atoms with van der Waals surface area (Å²) in [6, 6.07) is 13.2. The van der Waals surface area contributed by atoms with E-state index in [1.54, 1.807) is 18.6 Å². The minimum atomic E-state index is -0.133. The number of hydrogen-bond donors (Lipinski definition) is 1. The Hall–Kier alpha value is -2.49. The molecule has 4 heteroatoms. The first kappa shape index (κ1) is 12.0. The van der Waals surface area contributed by atoms with Gasteiger partial charge in [-0.3, -0.25) is 9.78 Å². The number of aromatic nitrogens is 1. The molecule has 0 aliphatic carbocycles. The summed E-state index contributed by atoms with van der Waals surface area (Å²) in [5.41, 5.74) is 4.35. The Labute approximate surface area is 105 Å². The third-order valence-corrected chi connectivity index (χ3v) is 2.32. The molecule has 18 heavy (non-hydrogen) atoms. The third kappa shape index (κ3) is 3.83. The van der Waals surface area contributed by atoms with E-state index in [0.717, 1.165) is 11.1 Å². The van der Waals surface area contributed by atoms with Crippen LogP contribution >= 0.6 is 0 Å². The van der Waals surface area contributed by atoms with Crippen molar-refractivity contribution in [2.45, 2.75) is 6.42 Å². The second kappa shape index (κ2) is 6.30. The van der Waals surface area contributed by atoms with Gasteiger partial charge in [0.1, 0.15) is 0 Å². The normalized spacial score (nSPS) is 10.4. The maximum Gasteiger partial charge on any atom is 0.244 e. The van der Waals surface area contributed by atoms with E-state index in [-0.39, 0.29) is 5.91 Å². The predicted molar refractivity (Wildman–Crippen MR) is 70.1 cm³/mol. The van der Waals surface area contributed by atoms with Crippen molar-refractivity contribution in [2.75, 3.05) is 0 Å². The highest BCUT2D eigenvalue weighted by Gasteiger charge is 2.00. The summed E-state index contributed by atoms with van der Waals surface area (Å²) in [5, 5.41) is 3.89. The third-order valence-electron chi connectivity index (χ3n) is 2.32. The summed E-state index contributed by atoms with van der Waals surface area (Å²) in [7, 11) is 0. The smallest absolute Gasteiger partial charge is 0.244 e. The minimum Gasteiger partial charge on any atom is -0.273 e. The molecule has 1 amide bonds. The van der Waals surface area contributed by atoms with Gasteiger partial charge in [-0.15, -0.1) is 0 Å². The quantitative estimate of drug-likeness (QED) is 0.653. The summed E-state index contributed by atoms with van der Waals surface area (Å²) in [5.74, 6) is -0.133. The van der Waals surface area contributed by atoms with Gasteiger partial charge in [0.25, 0.3) is 0 Å². The number of benzene rings is 1. The summed E-state index contributed by atoms with van der Waals surface area (Å²) in [4.78, 5) is 15.5. The molecule has 1 aromatic carbocycles. The number of hydrogen-bond acceptors (Lipinski definition) is 3. The van der Waals surface area contributed by atoms with E-state index in [4.69, 9.17) is 0 Å². The van der Waals surface area contributed by atoms with Crippen molar-refractivity contribution in [1.29, 1.82) is 0 Å². The summed E-state index contributed by atoms with van der Waals surface area (Å²) in [6.45, 7) is 0. The molecule has 1 N–H and O–H groups in total. The van der Waals surface area contributed by atoms with Crippen molar-refractivity contribution in [3.05, 3.63) is 66.0 Å². The summed E-state index contributed by atoms with van der Waals surface area (Å²) < 4.78 is 0. The molecule has 90 valence electrons. The van der Waals surface area contributed by atoms with Crippen molar-refractivity contribution in [1.82, 2.24) is 10.4 Å². The zero-order valence-corrected chi connectivity index (χ0v) is 9.78. The van der Waals surface area contributed by atoms with Crippen LogP contribution in [0.4, 0.5) is 0 Å². The highest BCUT2D eigenvalue weighted by Crippen LogP contribution is 1.99. The molecule has 0 saturated carbocycles. The number of carbonyl (C=O) groups excluding carboxylic acids is 1. The molecule has 0 aliphatic rings. The van der Waals surface area contributed by atoms with Crippen LogP contribution in [-0.2, 0) is 11.2 Å². The lowest BCUT2D eigenvalue weighted by molar-refractivity contribution is -0.120. The summed E-state index contributed by atoms with van der Waals surface area (Å²) >= 11 is 0. The van der Waals surface area contributed by atoms with Gasteiger partial charge in [0.15, 0.2) is 0 Å². The molecule has 0 bridgehead atoms. The first-order valence-electron chi connectivity index (χ1n) is 5.60. The number of carbonyl (C=O) groups is 1. The van der Waals surface area contributed by atoms with E-state index in [9.17, 15) is 4.79 Å². The van der Waals surface area contributed by atoms with Gasteiger partial charge in [0, 0.05) is 12.4 Å². The molecular weight excluding hydrogens is 226 g/mol. The Morgan fingerprint density at radius 2 is 1.89 bits per heavy atom. The van der Waals surface area contributed by atoms with E-state index in [2.05, 4.69) is 15.5 Å². The first-order valence-corrected chi connectivity index (χ1v) is 5.60. The highest BCUT2D eigenvalue weighted by atomic mass is 16.2. The van der Waals surface area contributed by atoms with Crippen LogP contribution in [0.1, 0.15) is 11.1 Å². The molecule has 2 rings (SSSR count). The van der Waals surface area contributed by atoms with Gasteiger partial charge >= 0.3 is 0 Å². The van der Waals surface area contributed by atoms with E-state index >= 15 is 0 Å². The standard InChI is InChI=1S/C14H13N3O/c18-14(10-12-4-2-1-3-5-12)17-16-11-13-6-8-15-9-7-13/h1-9,11H,10H2,(H,17,18)/b16-11-. The zero-order chi connectivity index (χ0) is 12.6. The minimum absolute atomic E-state index is 0.133. The lowest BCUT2D eigenvalue weighted by Gasteiger charge is -1.99. The van der Waals surface area contributed by atoms with Crippen LogP contribution in [0.15, 0.2) is 60.0 Å². The first-order chi connectivity index (χ1) is 8.84. The van der Waals surface area contributed by atoms with E-state index in [1.165, 1.54) is 0 Å². The molecule has 0 aliphatic heterocycles. The lowest BCUT2D eigenvalue weighted by atomic mass is 10.1. The molecule has 0 radical (unpaired) electrons. The molecular formula is C14H13N3O. The van der Waals surface area contributed by atoms with E-state index in [0.29, 0.717) is 6.42 Å². The average molecular weight is 239 g/mol. The molecule has 1 aromatic heterocycles. The molecule has 1 heterocycles. The van der Waals surface area contributed by atoms with Crippen molar-refractivity contribution < 1.29 is 4.79 Å². The van der Waals surface area contributed by atoms with Crippen molar-refractivity contribution in [3.8, 4) is 0 Å². The second-order valence-electron chi connectivity index (χ2n) is 3.74. The van der Waals surface area contributed by atoms with Gasteiger partial charge in [0.2, 0.25) is 5.91 Å². The number of nitrogens with one attached hydrogen (secondary N) is 1. The number of amides is 1. The van der Waals surface area contributed by atoms with E-state index < -0.39 is 0 Å². The number of pyridine rings is 1. The predicted octanol–water partition coefficient (Wildman–Crippen LogP) is 1.77. The van der Waals surface area contributed by atoms with Crippen molar-refractivity contribution in [3.63, 3.8) is 0 Å². The fourth-order valence-electron chi connectivity index (χ4n) is 1.45. The Morgan fingerprint density at radius 3 is 2.61 bits per heavy atom. The van der Waals surface area contributed by atoms with Gasteiger partial charge in [-0.05, 0) is 23.3 Å². The Bertz CT molecular complexity index is 523. The summed E-state index contributed by atoms with van der Waals surface area (Å²) in [6.07, 6.45) is 5.26. The number of nitrogens with zero attached hydrogens (tertiary/aromatic N) is 2. The Morgan fingerprint density at radius 1 is 1.17 bits per heavy atom. The zero-order valence-electron chi connectivity index (χ0n) is 9.78. The van der Waals surface area contributed by atoms with Crippen LogP contribution in [0.3, 0.4) is 0 Å². The van der Waals surface area contributed by atoms with Gasteiger partial charge in [-0.1, -0.05) is 30.3 Å². The highest BCUT2D eigenvalue weighted by molar-refractivity contribution is 5.83. The van der Waals surface area contributed by atoms with Crippen molar-refractivity contribution in [2.24, 2.45) is 5.10 Å². The van der Waals surface area contributed by atoms with Gasteiger partial charge in [0.05, 0.1) is 12.6 Å². The average Bonchev–Trinajstić information content (AvgIpc) is 2.41. The van der Waals surface area contributed by atoms with Crippen LogP contribution in [0, 0.1) is 0 Å².